The van der Waals surface area contributed by atoms with Crippen LogP contribution in [0.1, 0.15) is 11.1 Å². The highest BCUT2D eigenvalue weighted by atomic mass is 16.6. The van der Waals surface area contributed by atoms with Crippen molar-refractivity contribution >= 4 is 17.7 Å². The average Bonchev–Trinajstić information content (AvgIpc) is 2.35. The fraction of sp³-hybridized carbons (Fsp3) is 0.182. The number of rotatable bonds is 4. The first-order chi connectivity index (χ1) is 8.08. The summed E-state index contributed by atoms with van der Waals surface area (Å²) in [5, 5.41) is 19.6. The number of hydrogen-bond acceptors (Lipinski definition) is 5. The number of methoxy groups -OCH3 is 1. The van der Waals surface area contributed by atoms with E-state index in [0.717, 1.165) is 0 Å². The Balaban J connectivity index is 3.01. The molecule has 0 radical (unpaired) electrons. The summed E-state index contributed by atoms with van der Waals surface area (Å²) in [6.07, 6.45) is 2.65. The van der Waals surface area contributed by atoms with Gasteiger partial charge in [0.05, 0.1) is 24.2 Å². The summed E-state index contributed by atoms with van der Waals surface area (Å²) >= 11 is 0. The van der Waals surface area contributed by atoms with Crippen LogP contribution in [0.4, 0.5) is 5.69 Å². The summed E-state index contributed by atoms with van der Waals surface area (Å²) in [7, 11) is 1.25. The minimum Gasteiger partial charge on any atom is -0.466 e. The Morgan fingerprint density at radius 1 is 1.59 bits per heavy atom. The van der Waals surface area contributed by atoms with Crippen molar-refractivity contribution in [3.8, 4) is 0 Å². The van der Waals surface area contributed by atoms with Gasteiger partial charge in [-0.3, -0.25) is 10.1 Å². The van der Waals surface area contributed by atoms with E-state index in [9.17, 15) is 14.9 Å². The molecule has 1 N–H and O–H groups in total. The highest BCUT2D eigenvalue weighted by molar-refractivity contribution is 5.87. The molecule has 1 aromatic carbocycles. The van der Waals surface area contributed by atoms with E-state index in [1.54, 1.807) is 0 Å². The van der Waals surface area contributed by atoms with Gasteiger partial charge < -0.3 is 9.84 Å². The number of benzene rings is 1. The van der Waals surface area contributed by atoms with Crippen molar-refractivity contribution in [2.24, 2.45) is 0 Å². The maximum absolute atomic E-state index is 10.8. The molecule has 6 nitrogen and oxygen atoms in total. The van der Waals surface area contributed by atoms with E-state index >= 15 is 0 Å². The molecule has 0 bridgehead atoms. The van der Waals surface area contributed by atoms with Gasteiger partial charge in [-0.2, -0.15) is 0 Å². The molecule has 0 aromatic heterocycles. The molecule has 17 heavy (non-hydrogen) atoms. The number of ether oxygens (including phenoxy) is 1. The fourth-order valence-electron chi connectivity index (χ4n) is 1.25. The van der Waals surface area contributed by atoms with Crippen LogP contribution in [0.25, 0.3) is 6.08 Å². The SMILES string of the molecule is COC(=O)C=Cc1ccc([N+](=O)[O-])c(CO)c1. The normalized spacial score (nSPS) is 10.5. The maximum Gasteiger partial charge on any atom is 0.330 e. The highest BCUT2D eigenvalue weighted by Crippen LogP contribution is 2.20. The van der Waals surface area contributed by atoms with Crippen LogP contribution in [0.2, 0.25) is 0 Å². The number of hydrogen-bond donors (Lipinski definition) is 1. The second kappa shape index (κ2) is 5.76. The molecule has 0 saturated heterocycles. The van der Waals surface area contributed by atoms with E-state index in [4.69, 9.17) is 5.11 Å². The number of nitro groups is 1. The Morgan fingerprint density at radius 3 is 2.82 bits per heavy atom. The van der Waals surface area contributed by atoms with Crippen molar-refractivity contribution in [1.82, 2.24) is 0 Å². The molecule has 90 valence electrons. The van der Waals surface area contributed by atoms with E-state index in [-0.39, 0.29) is 11.3 Å². The van der Waals surface area contributed by atoms with Crippen LogP contribution in [-0.4, -0.2) is 23.1 Å². The molecule has 0 heterocycles. The van der Waals surface area contributed by atoms with E-state index in [2.05, 4.69) is 4.74 Å². The summed E-state index contributed by atoms with van der Waals surface area (Å²) in [5.74, 6) is -0.520. The highest BCUT2D eigenvalue weighted by Gasteiger charge is 2.12. The second-order valence-corrected chi connectivity index (χ2v) is 3.16. The van der Waals surface area contributed by atoms with Crippen molar-refractivity contribution in [2.45, 2.75) is 6.61 Å². The first-order valence-electron chi connectivity index (χ1n) is 4.72. The zero-order valence-corrected chi connectivity index (χ0v) is 9.12. The smallest absolute Gasteiger partial charge is 0.330 e. The molecule has 1 aromatic rings. The number of esters is 1. The Bertz CT molecular complexity index is 467. The second-order valence-electron chi connectivity index (χ2n) is 3.16. The Morgan fingerprint density at radius 2 is 2.29 bits per heavy atom. The van der Waals surface area contributed by atoms with Crippen LogP contribution in [0.3, 0.4) is 0 Å². The molecule has 0 fully saturated rings. The molecule has 0 atom stereocenters. The zero-order chi connectivity index (χ0) is 12.8. The van der Waals surface area contributed by atoms with Crippen LogP contribution in [0, 0.1) is 10.1 Å². The Labute approximate surface area is 97.3 Å². The van der Waals surface area contributed by atoms with Crippen molar-refractivity contribution < 1.29 is 19.6 Å². The molecule has 0 aliphatic rings. The molecule has 0 unspecified atom stereocenters. The average molecular weight is 237 g/mol. The summed E-state index contributed by atoms with van der Waals surface area (Å²) in [5.41, 5.74) is 0.620. The lowest BCUT2D eigenvalue weighted by molar-refractivity contribution is -0.385. The standard InChI is InChI=1S/C11H11NO5/c1-17-11(14)5-3-8-2-4-10(12(15)16)9(6-8)7-13/h2-6,13H,7H2,1H3. The van der Waals surface area contributed by atoms with Crippen LogP contribution in [0.15, 0.2) is 24.3 Å². The van der Waals surface area contributed by atoms with Gasteiger partial charge in [0.1, 0.15) is 0 Å². The molecule has 0 saturated carbocycles. The van der Waals surface area contributed by atoms with Crippen molar-refractivity contribution in [3.63, 3.8) is 0 Å². The van der Waals surface area contributed by atoms with Gasteiger partial charge in [-0.1, -0.05) is 0 Å². The van der Waals surface area contributed by atoms with Gasteiger partial charge in [-0.05, 0) is 23.8 Å². The predicted octanol–water partition coefficient (Wildman–Crippen LogP) is 1.27. The number of aliphatic hydroxyl groups is 1. The Kier molecular flexibility index (Phi) is 4.36. The minimum absolute atomic E-state index is 0.150. The third kappa shape index (κ3) is 3.39. The third-order valence-electron chi connectivity index (χ3n) is 2.08. The van der Waals surface area contributed by atoms with Crippen LogP contribution < -0.4 is 0 Å². The lowest BCUT2D eigenvalue weighted by atomic mass is 10.1. The van der Waals surface area contributed by atoms with Gasteiger partial charge in [0.25, 0.3) is 5.69 Å². The number of nitro benzene ring substituents is 1. The minimum atomic E-state index is -0.570. The molecule has 1 rings (SSSR count). The van der Waals surface area contributed by atoms with Gasteiger partial charge in [-0.25, -0.2) is 4.79 Å². The topological polar surface area (TPSA) is 89.7 Å². The van der Waals surface area contributed by atoms with Crippen LogP contribution in [-0.2, 0) is 16.1 Å². The number of aliphatic hydroxyl groups excluding tert-OH is 1. The molecular weight excluding hydrogens is 226 g/mol. The van der Waals surface area contributed by atoms with Gasteiger partial charge in [-0.15, -0.1) is 0 Å². The lowest BCUT2D eigenvalue weighted by Crippen LogP contribution is -1.96. The van der Waals surface area contributed by atoms with Crippen LogP contribution in [0.5, 0.6) is 0 Å². The summed E-state index contributed by atoms with van der Waals surface area (Å²) in [6.45, 7) is -0.434. The molecule has 0 aliphatic heterocycles. The van der Waals surface area contributed by atoms with Gasteiger partial charge in [0, 0.05) is 12.1 Å². The number of carbonyl (C=O) groups is 1. The molecule has 0 aliphatic carbocycles. The first-order valence-corrected chi connectivity index (χ1v) is 4.72. The number of carbonyl (C=O) groups excluding carboxylic acids is 1. The van der Waals surface area contributed by atoms with Gasteiger partial charge >= 0.3 is 5.97 Å². The van der Waals surface area contributed by atoms with E-state index in [0.29, 0.717) is 5.56 Å². The monoisotopic (exact) mass is 237 g/mol. The molecular formula is C11H11NO5. The number of nitrogens with zero attached hydrogens (tertiary/aromatic N) is 1. The quantitative estimate of drug-likeness (QED) is 0.368. The van der Waals surface area contributed by atoms with E-state index in [1.165, 1.54) is 37.5 Å². The zero-order valence-electron chi connectivity index (χ0n) is 9.12. The third-order valence-corrected chi connectivity index (χ3v) is 2.08. The van der Waals surface area contributed by atoms with Gasteiger partial charge in [0.15, 0.2) is 0 Å². The van der Waals surface area contributed by atoms with E-state index in [1.807, 2.05) is 0 Å². The van der Waals surface area contributed by atoms with Crippen molar-refractivity contribution in [3.05, 3.63) is 45.5 Å². The first kappa shape index (κ1) is 12.9. The van der Waals surface area contributed by atoms with E-state index < -0.39 is 17.5 Å². The van der Waals surface area contributed by atoms with Gasteiger partial charge in [0.2, 0.25) is 0 Å². The summed E-state index contributed by atoms with van der Waals surface area (Å²) in [6, 6.07) is 4.21. The van der Waals surface area contributed by atoms with Crippen LogP contribution >= 0.6 is 0 Å². The summed E-state index contributed by atoms with van der Waals surface area (Å²) < 4.78 is 4.41. The van der Waals surface area contributed by atoms with Crippen molar-refractivity contribution in [1.29, 1.82) is 0 Å². The summed E-state index contributed by atoms with van der Waals surface area (Å²) in [4.78, 5) is 20.9. The fourth-order valence-corrected chi connectivity index (χ4v) is 1.25. The lowest BCUT2D eigenvalue weighted by Gasteiger charge is -2.00. The molecule has 0 amide bonds. The molecule has 0 spiro atoms. The van der Waals surface area contributed by atoms with Crippen molar-refractivity contribution in [2.75, 3.05) is 7.11 Å². The maximum atomic E-state index is 10.8. The Hall–Kier alpha value is -2.21. The molecule has 6 heteroatoms. The largest absolute Gasteiger partial charge is 0.466 e. The predicted molar refractivity (Wildman–Crippen MR) is 60.1 cm³/mol.